The molecule has 2 aliphatic rings. The van der Waals surface area contributed by atoms with E-state index < -0.39 is 0 Å². The van der Waals surface area contributed by atoms with Crippen LogP contribution in [0.15, 0.2) is 0 Å². The molecule has 2 rings (SSSR count). The zero-order valence-electron chi connectivity index (χ0n) is 10.1. The fraction of sp³-hybridized carbons (Fsp3) is 0.923. The first-order valence-corrected chi connectivity index (χ1v) is 6.78. The monoisotopic (exact) mass is 224 g/mol. The van der Waals surface area contributed by atoms with Crippen LogP contribution in [0.3, 0.4) is 0 Å². The van der Waals surface area contributed by atoms with E-state index in [2.05, 4.69) is 5.32 Å². The first kappa shape index (κ1) is 11.9. The summed E-state index contributed by atoms with van der Waals surface area (Å²) in [7, 11) is 0. The molecule has 0 saturated heterocycles. The third kappa shape index (κ3) is 3.78. The van der Waals surface area contributed by atoms with Crippen LogP contribution in [0, 0.1) is 11.8 Å². The van der Waals surface area contributed by atoms with Crippen molar-refractivity contribution in [2.75, 3.05) is 6.54 Å². The highest BCUT2D eigenvalue weighted by Gasteiger charge is 2.28. The van der Waals surface area contributed by atoms with Gasteiger partial charge in [0.05, 0.1) is 0 Å². The van der Waals surface area contributed by atoms with Crippen LogP contribution in [-0.2, 0) is 4.79 Å². The zero-order valence-corrected chi connectivity index (χ0v) is 10.1. The van der Waals surface area contributed by atoms with Crippen LogP contribution in [0.2, 0.25) is 0 Å². The topological polar surface area (TPSA) is 55.1 Å². The van der Waals surface area contributed by atoms with E-state index >= 15 is 0 Å². The van der Waals surface area contributed by atoms with E-state index in [9.17, 15) is 4.79 Å². The summed E-state index contributed by atoms with van der Waals surface area (Å²) < 4.78 is 0. The van der Waals surface area contributed by atoms with Gasteiger partial charge in [0.2, 0.25) is 5.91 Å². The fourth-order valence-corrected chi connectivity index (χ4v) is 2.65. The third-order valence-electron chi connectivity index (χ3n) is 3.96. The van der Waals surface area contributed by atoms with Crippen molar-refractivity contribution in [3.05, 3.63) is 0 Å². The van der Waals surface area contributed by atoms with Crippen molar-refractivity contribution in [1.82, 2.24) is 5.32 Å². The average molecular weight is 224 g/mol. The van der Waals surface area contributed by atoms with E-state index in [1.165, 1.54) is 44.9 Å². The van der Waals surface area contributed by atoms with E-state index in [1.807, 2.05) is 0 Å². The molecule has 0 spiro atoms. The molecular weight excluding hydrogens is 200 g/mol. The Balaban J connectivity index is 1.59. The second-order valence-corrected chi connectivity index (χ2v) is 5.51. The van der Waals surface area contributed by atoms with Crippen LogP contribution in [0.5, 0.6) is 0 Å². The van der Waals surface area contributed by atoms with Gasteiger partial charge in [-0.1, -0.05) is 19.3 Å². The number of nitrogens with one attached hydrogen (secondary N) is 1. The first-order chi connectivity index (χ1) is 7.75. The van der Waals surface area contributed by atoms with Gasteiger partial charge in [-0.3, -0.25) is 4.79 Å². The van der Waals surface area contributed by atoms with Gasteiger partial charge in [0, 0.05) is 19.0 Å². The average Bonchev–Trinajstić information content (AvgIpc) is 3.11. The van der Waals surface area contributed by atoms with E-state index in [-0.39, 0.29) is 11.9 Å². The fourth-order valence-electron chi connectivity index (χ4n) is 2.65. The SMILES string of the molecule is NC(CNC(=O)CC1CCCCC1)C1CC1. The molecule has 1 atom stereocenters. The van der Waals surface area contributed by atoms with Gasteiger partial charge in [-0.2, -0.15) is 0 Å². The van der Waals surface area contributed by atoms with Crippen molar-refractivity contribution in [1.29, 1.82) is 0 Å². The van der Waals surface area contributed by atoms with Crippen LogP contribution in [-0.4, -0.2) is 18.5 Å². The predicted octanol–water partition coefficient (Wildman–Crippen LogP) is 1.81. The molecule has 2 saturated carbocycles. The Labute approximate surface area is 98.2 Å². The predicted molar refractivity (Wildman–Crippen MR) is 64.9 cm³/mol. The molecule has 1 amide bonds. The molecule has 3 heteroatoms. The quantitative estimate of drug-likeness (QED) is 0.748. The maximum absolute atomic E-state index is 11.7. The Kier molecular flexibility index (Phi) is 4.22. The molecule has 2 aliphatic carbocycles. The van der Waals surface area contributed by atoms with E-state index in [0.29, 0.717) is 18.4 Å². The molecule has 0 aromatic carbocycles. The summed E-state index contributed by atoms with van der Waals surface area (Å²) in [4.78, 5) is 11.7. The molecular formula is C13H24N2O. The summed E-state index contributed by atoms with van der Waals surface area (Å²) in [5.41, 5.74) is 5.95. The van der Waals surface area contributed by atoms with Crippen molar-refractivity contribution in [3.8, 4) is 0 Å². The molecule has 3 N–H and O–H groups in total. The van der Waals surface area contributed by atoms with Crippen LogP contribution < -0.4 is 11.1 Å². The number of carbonyl (C=O) groups is 1. The molecule has 0 bridgehead atoms. The van der Waals surface area contributed by atoms with Crippen LogP contribution in [0.1, 0.15) is 51.4 Å². The molecule has 0 radical (unpaired) electrons. The van der Waals surface area contributed by atoms with Gasteiger partial charge in [0.1, 0.15) is 0 Å². The molecule has 1 unspecified atom stereocenters. The smallest absolute Gasteiger partial charge is 0.220 e. The van der Waals surface area contributed by atoms with Gasteiger partial charge in [0.25, 0.3) is 0 Å². The number of rotatable bonds is 5. The first-order valence-electron chi connectivity index (χ1n) is 6.78. The van der Waals surface area contributed by atoms with Gasteiger partial charge in [-0.05, 0) is 37.5 Å². The highest BCUT2D eigenvalue weighted by Crippen LogP contribution is 2.31. The zero-order chi connectivity index (χ0) is 11.4. The Hall–Kier alpha value is -0.570. The van der Waals surface area contributed by atoms with E-state index in [0.717, 1.165) is 6.42 Å². The minimum absolute atomic E-state index is 0.190. The Bertz CT molecular complexity index is 232. The Morgan fingerprint density at radius 2 is 1.88 bits per heavy atom. The van der Waals surface area contributed by atoms with Crippen LogP contribution in [0.25, 0.3) is 0 Å². The van der Waals surface area contributed by atoms with Gasteiger partial charge < -0.3 is 11.1 Å². The summed E-state index contributed by atoms with van der Waals surface area (Å²) in [5.74, 6) is 1.52. The molecule has 3 nitrogen and oxygen atoms in total. The molecule has 92 valence electrons. The number of hydrogen-bond acceptors (Lipinski definition) is 2. The number of hydrogen-bond donors (Lipinski definition) is 2. The minimum Gasteiger partial charge on any atom is -0.355 e. The lowest BCUT2D eigenvalue weighted by Crippen LogP contribution is -2.39. The molecule has 16 heavy (non-hydrogen) atoms. The van der Waals surface area contributed by atoms with Crippen molar-refractivity contribution in [3.63, 3.8) is 0 Å². The van der Waals surface area contributed by atoms with Gasteiger partial charge >= 0.3 is 0 Å². The Morgan fingerprint density at radius 3 is 2.50 bits per heavy atom. The molecule has 2 fully saturated rings. The number of carbonyl (C=O) groups excluding carboxylic acids is 1. The van der Waals surface area contributed by atoms with Crippen molar-refractivity contribution in [2.24, 2.45) is 17.6 Å². The normalized spacial score (nSPS) is 24.1. The lowest BCUT2D eigenvalue weighted by molar-refractivity contribution is -0.122. The summed E-state index contributed by atoms with van der Waals surface area (Å²) in [6, 6.07) is 0.190. The van der Waals surface area contributed by atoms with Crippen LogP contribution in [0.4, 0.5) is 0 Å². The van der Waals surface area contributed by atoms with Gasteiger partial charge in [0.15, 0.2) is 0 Å². The summed E-state index contributed by atoms with van der Waals surface area (Å²) in [5, 5.41) is 2.99. The highest BCUT2D eigenvalue weighted by molar-refractivity contribution is 5.76. The number of nitrogens with two attached hydrogens (primary N) is 1. The third-order valence-corrected chi connectivity index (χ3v) is 3.96. The Morgan fingerprint density at radius 1 is 1.19 bits per heavy atom. The summed E-state index contributed by atoms with van der Waals surface area (Å²) in [6.45, 7) is 0.677. The number of amides is 1. The summed E-state index contributed by atoms with van der Waals surface area (Å²) >= 11 is 0. The van der Waals surface area contributed by atoms with Gasteiger partial charge in [-0.15, -0.1) is 0 Å². The minimum atomic E-state index is 0.190. The van der Waals surface area contributed by atoms with Crippen molar-refractivity contribution >= 4 is 5.91 Å². The van der Waals surface area contributed by atoms with E-state index in [4.69, 9.17) is 5.73 Å². The summed E-state index contributed by atoms with van der Waals surface area (Å²) in [6.07, 6.45) is 9.66. The maximum Gasteiger partial charge on any atom is 0.220 e. The van der Waals surface area contributed by atoms with Crippen molar-refractivity contribution < 1.29 is 4.79 Å². The van der Waals surface area contributed by atoms with E-state index in [1.54, 1.807) is 0 Å². The standard InChI is InChI=1S/C13H24N2O/c14-12(11-6-7-11)9-15-13(16)8-10-4-2-1-3-5-10/h10-12H,1-9,14H2,(H,15,16). The van der Waals surface area contributed by atoms with Crippen molar-refractivity contribution in [2.45, 2.75) is 57.4 Å². The molecule has 0 heterocycles. The largest absolute Gasteiger partial charge is 0.355 e. The highest BCUT2D eigenvalue weighted by atomic mass is 16.1. The lowest BCUT2D eigenvalue weighted by atomic mass is 9.87. The van der Waals surface area contributed by atoms with Crippen LogP contribution >= 0.6 is 0 Å². The van der Waals surface area contributed by atoms with Gasteiger partial charge in [-0.25, -0.2) is 0 Å². The lowest BCUT2D eigenvalue weighted by Gasteiger charge is -2.21. The second-order valence-electron chi connectivity index (χ2n) is 5.51. The molecule has 0 aromatic heterocycles. The molecule has 0 aromatic rings. The second kappa shape index (κ2) is 5.67. The maximum atomic E-state index is 11.7. The molecule has 0 aliphatic heterocycles.